The summed E-state index contributed by atoms with van der Waals surface area (Å²) in [6.07, 6.45) is 5.53. The van der Waals surface area contributed by atoms with Crippen molar-refractivity contribution in [1.29, 1.82) is 0 Å². The predicted molar refractivity (Wildman–Crippen MR) is 82.8 cm³/mol. The van der Waals surface area contributed by atoms with E-state index in [0.717, 1.165) is 10.3 Å². The van der Waals surface area contributed by atoms with Gasteiger partial charge in [-0.25, -0.2) is 9.67 Å². The lowest BCUT2D eigenvalue weighted by molar-refractivity contribution is 0.0612. The van der Waals surface area contributed by atoms with E-state index < -0.39 is 6.55 Å². The average molecular weight is 331 g/mol. The minimum absolute atomic E-state index is 0.0211. The number of amides is 1. The molecule has 0 N–H and O–H groups in total. The molecular formula is C16H15F2N5O. The fourth-order valence-electron chi connectivity index (χ4n) is 2.30. The van der Waals surface area contributed by atoms with E-state index in [1.807, 2.05) is 30.3 Å². The summed E-state index contributed by atoms with van der Waals surface area (Å²) in [5.41, 5.74) is 1.20. The molecule has 0 aliphatic heterocycles. The van der Waals surface area contributed by atoms with Gasteiger partial charge in [-0.05, 0) is 12.1 Å². The number of imidazole rings is 1. The number of rotatable bonds is 5. The Bertz CT molecular complexity index is 828. The summed E-state index contributed by atoms with van der Waals surface area (Å²) in [5, 5.41) is 4.16. The van der Waals surface area contributed by atoms with Crippen LogP contribution in [0.4, 0.5) is 8.78 Å². The summed E-state index contributed by atoms with van der Waals surface area (Å²) in [4.78, 5) is 17.6. The predicted octanol–water partition coefficient (Wildman–Crippen LogP) is 2.74. The van der Waals surface area contributed by atoms with Gasteiger partial charge in [0.1, 0.15) is 5.82 Å². The maximum atomic E-state index is 12.8. The zero-order valence-corrected chi connectivity index (χ0v) is 12.9. The zero-order valence-electron chi connectivity index (χ0n) is 12.9. The molecule has 8 heteroatoms. The Morgan fingerprint density at radius 2 is 2.04 bits per heavy atom. The molecule has 0 atom stereocenters. The fourth-order valence-corrected chi connectivity index (χ4v) is 2.30. The van der Waals surface area contributed by atoms with E-state index in [9.17, 15) is 13.6 Å². The third kappa shape index (κ3) is 3.17. The second-order valence-electron chi connectivity index (χ2n) is 5.20. The number of benzene rings is 1. The second kappa shape index (κ2) is 6.61. The highest BCUT2D eigenvalue weighted by molar-refractivity contribution is 5.93. The third-order valence-corrected chi connectivity index (χ3v) is 3.53. The van der Waals surface area contributed by atoms with Crippen molar-refractivity contribution >= 4 is 5.91 Å². The summed E-state index contributed by atoms with van der Waals surface area (Å²) in [7, 11) is 1.53. The molecule has 1 amide bonds. The summed E-state index contributed by atoms with van der Waals surface area (Å²) < 4.78 is 28.0. The van der Waals surface area contributed by atoms with Gasteiger partial charge in [0.15, 0.2) is 0 Å². The molecule has 2 aromatic heterocycles. The highest BCUT2D eigenvalue weighted by Gasteiger charge is 2.18. The molecule has 0 aliphatic carbocycles. The summed E-state index contributed by atoms with van der Waals surface area (Å²) in [6, 6.07) is 9.36. The minimum atomic E-state index is -2.69. The SMILES string of the molecule is CN(Cc1nccn1C(F)F)C(=O)c1cnn(-c2ccccc2)c1. The van der Waals surface area contributed by atoms with Gasteiger partial charge in [0, 0.05) is 25.6 Å². The first-order valence-electron chi connectivity index (χ1n) is 7.21. The van der Waals surface area contributed by atoms with Crippen LogP contribution in [-0.2, 0) is 6.54 Å². The number of hydrogen-bond donors (Lipinski definition) is 0. The Hall–Kier alpha value is -3.03. The molecule has 0 unspecified atom stereocenters. The Morgan fingerprint density at radius 1 is 1.29 bits per heavy atom. The minimum Gasteiger partial charge on any atom is -0.334 e. The third-order valence-electron chi connectivity index (χ3n) is 3.53. The lowest BCUT2D eigenvalue weighted by Gasteiger charge is -2.16. The van der Waals surface area contributed by atoms with E-state index in [2.05, 4.69) is 10.1 Å². The smallest absolute Gasteiger partial charge is 0.319 e. The van der Waals surface area contributed by atoms with Gasteiger partial charge in [-0.3, -0.25) is 9.36 Å². The van der Waals surface area contributed by atoms with Crippen molar-refractivity contribution in [3.8, 4) is 5.69 Å². The van der Waals surface area contributed by atoms with Gasteiger partial charge in [-0.1, -0.05) is 18.2 Å². The van der Waals surface area contributed by atoms with E-state index in [4.69, 9.17) is 0 Å². The first-order chi connectivity index (χ1) is 11.6. The van der Waals surface area contributed by atoms with E-state index in [0.29, 0.717) is 5.56 Å². The van der Waals surface area contributed by atoms with Crippen molar-refractivity contribution in [2.75, 3.05) is 7.05 Å². The molecule has 6 nitrogen and oxygen atoms in total. The number of aromatic nitrogens is 4. The van der Waals surface area contributed by atoms with E-state index in [1.165, 1.54) is 30.5 Å². The second-order valence-corrected chi connectivity index (χ2v) is 5.20. The maximum absolute atomic E-state index is 12.8. The van der Waals surface area contributed by atoms with Crippen LogP contribution >= 0.6 is 0 Å². The molecule has 0 radical (unpaired) electrons. The lowest BCUT2D eigenvalue weighted by Crippen LogP contribution is -2.27. The molecule has 3 aromatic rings. The largest absolute Gasteiger partial charge is 0.334 e. The summed E-state index contributed by atoms with van der Waals surface area (Å²) >= 11 is 0. The molecule has 24 heavy (non-hydrogen) atoms. The van der Waals surface area contributed by atoms with Crippen LogP contribution in [0.3, 0.4) is 0 Å². The lowest BCUT2D eigenvalue weighted by atomic mass is 10.3. The molecule has 124 valence electrons. The van der Waals surface area contributed by atoms with Crippen LogP contribution in [0, 0.1) is 0 Å². The van der Waals surface area contributed by atoms with Gasteiger partial charge < -0.3 is 4.90 Å². The van der Waals surface area contributed by atoms with Crippen molar-refractivity contribution < 1.29 is 13.6 Å². The highest BCUT2D eigenvalue weighted by Crippen LogP contribution is 2.15. The maximum Gasteiger partial charge on any atom is 0.319 e. The number of nitrogens with zero attached hydrogens (tertiary/aromatic N) is 5. The first-order valence-corrected chi connectivity index (χ1v) is 7.21. The van der Waals surface area contributed by atoms with Gasteiger partial charge >= 0.3 is 6.55 Å². The molecule has 0 saturated carbocycles. The number of para-hydroxylation sites is 1. The number of carbonyl (C=O) groups is 1. The van der Waals surface area contributed by atoms with Crippen LogP contribution in [0.1, 0.15) is 22.7 Å². The monoisotopic (exact) mass is 331 g/mol. The Labute approximate surface area is 137 Å². The quantitative estimate of drug-likeness (QED) is 0.722. The van der Waals surface area contributed by atoms with Gasteiger partial charge in [-0.2, -0.15) is 13.9 Å². The van der Waals surface area contributed by atoms with E-state index in [1.54, 1.807) is 10.9 Å². The molecule has 2 heterocycles. The molecule has 0 fully saturated rings. The van der Waals surface area contributed by atoms with Crippen molar-refractivity contribution in [1.82, 2.24) is 24.2 Å². The molecule has 3 rings (SSSR count). The van der Waals surface area contributed by atoms with E-state index in [-0.39, 0.29) is 18.3 Å². The van der Waals surface area contributed by atoms with Crippen LogP contribution < -0.4 is 0 Å². The Kier molecular flexibility index (Phi) is 4.37. The normalized spacial score (nSPS) is 11.0. The highest BCUT2D eigenvalue weighted by atomic mass is 19.3. The Morgan fingerprint density at radius 3 is 2.75 bits per heavy atom. The Balaban J connectivity index is 1.74. The molecular weight excluding hydrogens is 316 g/mol. The van der Waals surface area contributed by atoms with Gasteiger partial charge in [0.05, 0.1) is 24.0 Å². The molecule has 0 spiro atoms. The van der Waals surface area contributed by atoms with Gasteiger partial charge in [-0.15, -0.1) is 0 Å². The number of alkyl halides is 2. The molecule has 0 bridgehead atoms. The van der Waals surface area contributed by atoms with Crippen LogP contribution in [-0.4, -0.2) is 37.2 Å². The van der Waals surface area contributed by atoms with Crippen molar-refractivity contribution in [3.63, 3.8) is 0 Å². The van der Waals surface area contributed by atoms with Crippen molar-refractivity contribution in [2.45, 2.75) is 13.1 Å². The van der Waals surface area contributed by atoms with Gasteiger partial charge in [0.25, 0.3) is 5.91 Å². The molecule has 0 saturated heterocycles. The van der Waals surface area contributed by atoms with Crippen LogP contribution in [0.2, 0.25) is 0 Å². The van der Waals surface area contributed by atoms with Crippen LogP contribution in [0.15, 0.2) is 55.1 Å². The molecule has 1 aromatic carbocycles. The zero-order chi connectivity index (χ0) is 17.1. The topological polar surface area (TPSA) is 56.0 Å². The van der Waals surface area contributed by atoms with Gasteiger partial charge in [0.2, 0.25) is 0 Å². The summed E-state index contributed by atoms with van der Waals surface area (Å²) in [6.45, 7) is -2.71. The van der Waals surface area contributed by atoms with Crippen molar-refractivity contribution in [3.05, 3.63) is 66.5 Å². The number of halogens is 2. The average Bonchev–Trinajstić information content (AvgIpc) is 3.24. The van der Waals surface area contributed by atoms with Crippen LogP contribution in [0.25, 0.3) is 5.69 Å². The van der Waals surface area contributed by atoms with E-state index >= 15 is 0 Å². The molecule has 0 aliphatic rings. The number of carbonyl (C=O) groups excluding carboxylic acids is 1. The first kappa shape index (κ1) is 15.9. The fraction of sp³-hybridized carbons (Fsp3) is 0.188. The number of hydrogen-bond acceptors (Lipinski definition) is 3. The van der Waals surface area contributed by atoms with Crippen LogP contribution in [0.5, 0.6) is 0 Å². The summed E-state index contributed by atoms with van der Waals surface area (Å²) in [5.74, 6) is -0.197. The standard InChI is InChI=1S/C16H15F2N5O/c1-21(11-14-19-7-8-22(14)16(17)18)15(24)12-9-20-23(10-12)13-5-3-2-4-6-13/h2-10,16H,11H2,1H3. The van der Waals surface area contributed by atoms with Crippen molar-refractivity contribution in [2.24, 2.45) is 0 Å².